The molecule has 27 heavy (non-hydrogen) atoms. The highest BCUT2D eigenvalue weighted by molar-refractivity contribution is 7.07. The van der Waals surface area contributed by atoms with Gasteiger partial charge >= 0.3 is 0 Å². The minimum atomic E-state index is -0.0939. The van der Waals surface area contributed by atoms with Gasteiger partial charge in [0, 0.05) is 30.6 Å². The average molecular weight is 380 g/mol. The van der Waals surface area contributed by atoms with Gasteiger partial charge in [0.2, 0.25) is 10.7 Å². The van der Waals surface area contributed by atoms with Crippen molar-refractivity contribution in [3.05, 3.63) is 64.3 Å². The third kappa shape index (κ3) is 4.51. The van der Waals surface area contributed by atoms with Crippen LogP contribution >= 0.6 is 11.3 Å². The SMILES string of the molecule is CN=c1scc(-c2ccc(OC)cc2)n1/N=C\c1ccc(NC(C)=O)cc1. The number of amides is 1. The van der Waals surface area contributed by atoms with Gasteiger partial charge in [0.15, 0.2) is 0 Å². The fourth-order valence-electron chi connectivity index (χ4n) is 2.50. The van der Waals surface area contributed by atoms with Crippen LogP contribution in [0, 0.1) is 0 Å². The molecule has 1 amide bonds. The van der Waals surface area contributed by atoms with Gasteiger partial charge in [-0.3, -0.25) is 9.79 Å². The molecule has 0 aliphatic carbocycles. The third-order valence-corrected chi connectivity index (χ3v) is 4.72. The van der Waals surface area contributed by atoms with Crippen molar-refractivity contribution >= 4 is 29.1 Å². The van der Waals surface area contributed by atoms with E-state index in [1.165, 1.54) is 18.3 Å². The van der Waals surface area contributed by atoms with Gasteiger partial charge in [-0.2, -0.15) is 5.10 Å². The molecule has 3 rings (SSSR count). The Morgan fingerprint density at radius 2 is 1.85 bits per heavy atom. The number of ether oxygens (including phenoxy) is 1. The molecule has 138 valence electrons. The minimum Gasteiger partial charge on any atom is -0.497 e. The van der Waals surface area contributed by atoms with E-state index in [9.17, 15) is 4.79 Å². The fraction of sp³-hybridized carbons (Fsp3) is 0.150. The summed E-state index contributed by atoms with van der Waals surface area (Å²) in [6.45, 7) is 1.49. The molecule has 0 spiro atoms. The van der Waals surface area contributed by atoms with Crippen LogP contribution in [0.1, 0.15) is 12.5 Å². The lowest BCUT2D eigenvalue weighted by molar-refractivity contribution is -0.114. The molecule has 1 heterocycles. The van der Waals surface area contributed by atoms with Crippen LogP contribution in [0.25, 0.3) is 11.3 Å². The molecule has 0 bridgehead atoms. The van der Waals surface area contributed by atoms with Crippen molar-refractivity contribution in [3.63, 3.8) is 0 Å². The Bertz CT molecular complexity index is 1020. The van der Waals surface area contributed by atoms with E-state index in [2.05, 4.69) is 15.4 Å². The fourth-order valence-corrected chi connectivity index (χ4v) is 3.31. The average Bonchev–Trinajstić information content (AvgIpc) is 3.10. The second-order valence-electron chi connectivity index (χ2n) is 5.72. The van der Waals surface area contributed by atoms with Crippen LogP contribution in [0.5, 0.6) is 5.75 Å². The summed E-state index contributed by atoms with van der Waals surface area (Å²) in [5.74, 6) is 0.715. The van der Waals surface area contributed by atoms with Crippen molar-refractivity contribution < 1.29 is 9.53 Å². The predicted molar refractivity (Wildman–Crippen MR) is 110 cm³/mol. The van der Waals surface area contributed by atoms with Gasteiger partial charge in [0.1, 0.15) is 5.75 Å². The highest BCUT2D eigenvalue weighted by Crippen LogP contribution is 2.23. The summed E-state index contributed by atoms with van der Waals surface area (Å²) in [5.41, 5.74) is 3.66. The number of hydrogen-bond donors (Lipinski definition) is 1. The third-order valence-electron chi connectivity index (χ3n) is 3.82. The van der Waals surface area contributed by atoms with E-state index in [1.807, 2.05) is 58.6 Å². The molecule has 6 nitrogen and oxygen atoms in total. The monoisotopic (exact) mass is 380 g/mol. The lowest BCUT2D eigenvalue weighted by Gasteiger charge is -2.05. The molecule has 0 aliphatic heterocycles. The van der Waals surface area contributed by atoms with Crippen LogP contribution < -0.4 is 14.9 Å². The summed E-state index contributed by atoms with van der Waals surface area (Å²) in [7, 11) is 3.40. The molecule has 0 unspecified atom stereocenters. The Labute approximate surface area is 161 Å². The summed E-state index contributed by atoms with van der Waals surface area (Å²) in [5, 5.41) is 9.38. The van der Waals surface area contributed by atoms with Crippen LogP contribution in [-0.2, 0) is 4.79 Å². The van der Waals surface area contributed by atoms with E-state index in [-0.39, 0.29) is 5.91 Å². The van der Waals surface area contributed by atoms with Gasteiger partial charge < -0.3 is 10.1 Å². The number of nitrogens with one attached hydrogen (secondary N) is 1. The zero-order chi connectivity index (χ0) is 19.2. The van der Waals surface area contributed by atoms with Crippen molar-refractivity contribution in [1.29, 1.82) is 0 Å². The Morgan fingerprint density at radius 1 is 1.15 bits per heavy atom. The number of benzene rings is 2. The maximum absolute atomic E-state index is 11.1. The Hall–Kier alpha value is -3.19. The normalized spacial score (nSPS) is 11.7. The molecule has 0 saturated heterocycles. The standard InChI is InChI=1S/C20H20N4O2S/c1-14(25)23-17-8-4-15(5-9-17)12-22-24-19(13-27-20(24)21-2)16-6-10-18(26-3)11-7-16/h4-13H,1-3H3,(H,23,25)/b21-20?,22-12-. The molecule has 1 aromatic heterocycles. The van der Waals surface area contributed by atoms with Gasteiger partial charge in [-0.25, -0.2) is 4.68 Å². The molecule has 0 atom stereocenters. The van der Waals surface area contributed by atoms with Gasteiger partial charge in [0.05, 0.1) is 19.0 Å². The molecule has 1 N–H and O–H groups in total. The first-order chi connectivity index (χ1) is 13.1. The van der Waals surface area contributed by atoms with Crippen molar-refractivity contribution in [2.75, 3.05) is 19.5 Å². The summed E-state index contributed by atoms with van der Waals surface area (Å²) in [6, 6.07) is 15.3. The quantitative estimate of drug-likeness (QED) is 0.687. The molecule has 0 fully saturated rings. The first kappa shape index (κ1) is 18.6. The number of hydrogen-bond acceptors (Lipinski definition) is 5. The van der Waals surface area contributed by atoms with Crippen LogP contribution in [0.2, 0.25) is 0 Å². The number of anilines is 1. The first-order valence-corrected chi connectivity index (χ1v) is 9.18. The maximum Gasteiger partial charge on any atom is 0.221 e. The summed E-state index contributed by atoms with van der Waals surface area (Å²) >= 11 is 1.53. The predicted octanol–water partition coefficient (Wildman–Crippen LogP) is 3.60. The Balaban J connectivity index is 1.90. The van der Waals surface area contributed by atoms with E-state index in [1.54, 1.807) is 20.4 Å². The van der Waals surface area contributed by atoms with E-state index in [0.717, 1.165) is 33.1 Å². The number of thiazole rings is 1. The zero-order valence-corrected chi connectivity index (χ0v) is 16.2. The number of rotatable bonds is 5. The maximum atomic E-state index is 11.1. The van der Waals surface area contributed by atoms with Gasteiger partial charge in [0.25, 0.3) is 0 Å². The van der Waals surface area contributed by atoms with Gasteiger partial charge in [-0.1, -0.05) is 12.1 Å². The zero-order valence-electron chi connectivity index (χ0n) is 15.3. The molecule has 0 radical (unpaired) electrons. The number of carbonyl (C=O) groups is 1. The summed E-state index contributed by atoms with van der Waals surface area (Å²) in [4.78, 5) is 16.2. The van der Waals surface area contributed by atoms with E-state index in [4.69, 9.17) is 4.74 Å². The van der Waals surface area contributed by atoms with Crippen molar-refractivity contribution in [1.82, 2.24) is 4.68 Å². The Morgan fingerprint density at radius 3 is 2.44 bits per heavy atom. The van der Waals surface area contributed by atoms with E-state index < -0.39 is 0 Å². The van der Waals surface area contributed by atoms with Gasteiger partial charge in [-0.15, -0.1) is 11.3 Å². The first-order valence-electron chi connectivity index (χ1n) is 8.30. The summed E-state index contributed by atoms with van der Waals surface area (Å²) in [6.07, 6.45) is 1.77. The number of aromatic nitrogens is 1. The molecule has 0 saturated carbocycles. The highest BCUT2D eigenvalue weighted by atomic mass is 32.1. The Kier molecular flexibility index (Phi) is 5.83. The van der Waals surface area contributed by atoms with Gasteiger partial charge in [-0.05, 0) is 42.0 Å². The van der Waals surface area contributed by atoms with E-state index >= 15 is 0 Å². The molecule has 0 aliphatic rings. The second-order valence-corrected chi connectivity index (χ2v) is 6.55. The molecule has 2 aromatic carbocycles. The summed E-state index contributed by atoms with van der Waals surface area (Å²) < 4.78 is 7.04. The van der Waals surface area contributed by atoms with E-state index in [0.29, 0.717) is 0 Å². The molecular formula is C20H20N4O2S. The molecule has 3 aromatic rings. The van der Waals surface area contributed by atoms with Crippen LogP contribution in [0.15, 0.2) is 64.0 Å². The van der Waals surface area contributed by atoms with Crippen LogP contribution in [0.4, 0.5) is 5.69 Å². The van der Waals surface area contributed by atoms with Crippen LogP contribution in [0.3, 0.4) is 0 Å². The van der Waals surface area contributed by atoms with Crippen molar-refractivity contribution in [2.24, 2.45) is 10.1 Å². The number of carbonyl (C=O) groups excluding carboxylic acids is 1. The van der Waals surface area contributed by atoms with Crippen molar-refractivity contribution in [2.45, 2.75) is 6.92 Å². The van der Waals surface area contributed by atoms with Crippen LogP contribution in [-0.4, -0.2) is 31.0 Å². The number of methoxy groups -OCH3 is 1. The highest BCUT2D eigenvalue weighted by Gasteiger charge is 2.07. The topological polar surface area (TPSA) is 68.0 Å². The smallest absolute Gasteiger partial charge is 0.221 e. The lowest BCUT2D eigenvalue weighted by atomic mass is 10.2. The molecule has 7 heteroatoms. The van der Waals surface area contributed by atoms with Crippen molar-refractivity contribution in [3.8, 4) is 17.0 Å². The number of nitrogens with zero attached hydrogens (tertiary/aromatic N) is 3. The minimum absolute atomic E-state index is 0.0939. The second kappa shape index (κ2) is 8.46. The lowest BCUT2D eigenvalue weighted by Crippen LogP contribution is -2.11. The largest absolute Gasteiger partial charge is 0.497 e. The molecular weight excluding hydrogens is 360 g/mol.